The van der Waals surface area contributed by atoms with E-state index in [1.54, 1.807) is 0 Å². The second kappa shape index (κ2) is 6.05. The fraction of sp³-hybridized carbons (Fsp3) is 0.933. The van der Waals surface area contributed by atoms with Gasteiger partial charge >= 0.3 is 5.97 Å². The van der Waals surface area contributed by atoms with E-state index in [1.807, 2.05) is 34.6 Å². The quantitative estimate of drug-likeness (QED) is 0.557. The minimum Gasteiger partial charge on any atom is -0.298 e. The topological polar surface area (TPSA) is 35.5 Å². The van der Waals surface area contributed by atoms with Crippen molar-refractivity contribution in [2.75, 3.05) is 0 Å². The average molecular weight is 256 g/mol. The molecule has 0 bridgehead atoms. The minimum atomic E-state index is -0.367. The highest BCUT2D eigenvalue weighted by atomic mass is 17.2. The Morgan fingerprint density at radius 2 is 1.61 bits per heavy atom. The monoisotopic (exact) mass is 256 g/mol. The lowest BCUT2D eigenvalue weighted by atomic mass is 9.79. The van der Waals surface area contributed by atoms with Crippen molar-refractivity contribution in [2.45, 2.75) is 78.7 Å². The molecule has 0 aromatic heterocycles. The maximum absolute atomic E-state index is 11.6. The van der Waals surface area contributed by atoms with Gasteiger partial charge in [-0.25, -0.2) is 4.79 Å². The molecule has 0 radical (unpaired) electrons. The Balaban J connectivity index is 2.38. The van der Waals surface area contributed by atoms with E-state index in [4.69, 9.17) is 9.78 Å². The van der Waals surface area contributed by atoms with Gasteiger partial charge in [-0.3, -0.25) is 4.89 Å². The standard InChI is InChI=1S/C15H28O3/c1-14(2,3)11-13(16)17-18-15(4,5)12-9-7-6-8-10-12/h12H,6-11H2,1-5H3. The molecule has 3 nitrogen and oxygen atoms in total. The van der Waals surface area contributed by atoms with Crippen LogP contribution in [0.1, 0.15) is 73.1 Å². The summed E-state index contributed by atoms with van der Waals surface area (Å²) in [6.07, 6.45) is 6.55. The van der Waals surface area contributed by atoms with Crippen molar-refractivity contribution in [1.82, 2.24) is 0 Å². The molecule has 0 spiro atoms. The van der Waals surface area contributed by atoms with Gasteiger partial charge in [0.25, 0.3) is 0 Å². The zero-order chi connectivity index (χ0) is 13.8. The summed E-state index contributed by atoms with van der Waals surface area (Å²) in [6, 6.07) is 0. The Labute approximate surface area is 111 Å². The summed E-state index contributed by atoms with van der Waals surface area (Å²) in [5.74, 6) is 0.222. The molecule has 0 saturated heterocycles. The van der Waals surface area contributed by atoms with Gasteiger partial charge in [0.1, 0.15) is 5.60 Å². The van der Waals surface area contributed by atoms with Crippen molar-refractivity contribution < 1.29 is 14.6 Å². The van der Waals surface area contributed by atoms with E-state index in [-0.39, 0.29) is 17.0 Å². The summed E-state index contributed by atoms with van der Waals surface area (Å²) in [4.78, 5) is 22.1. The van der Waals surface area contributed by atoms with E-state index in [0.717, 1.165) is 0 Å². The number of hydrogen-bond donors (Lipinski definition) is 0. The van der Waals surface area contributed by atoms with Crippen molar-refractivity contribution in [1.29, 1.82) is 0 Å². The third kappa shape index (κ3) is 5.38. The van der Waals surface area contributed by atoms with E-state index < -0.39 is 0 Å². The summed E-state index contributed by atoms with van der Waals surface area (Å²) in [5, 5.41) is 0. The molecular formula is C15H28O3. The molecule has 1 fully saturated rings. The van der Waals surface area contributed by atoms with Gasteiger partial charge in [-0.1, -0.05) is 40.0 Å². The van der Waals surface area contributed by atoms with Gasteiger partial charge in [0.05, 0.1) is 6.42 Å². The van der Waals surface area contributed by atoms with Crippen LogP contribution >= 0.6 is 0 Å². The normalized spacial score (nSPS) is 18.7. The Hall–Kier alpha value is -0.570. The first-order chi connectivity index (χ1) is 8.21. The van der Waals surface area contributed by atoms with Crippen LogP contribution in [0.5, 0.6) is 0 Å². The van der Waals surface area contributed by atoms with Gasteiger partial charge in [0, 0.05) is 0 Å². The maximum Gasteiger partial charge on any atom is 0.342 e. The molecular weight excluding hydrogens is 228 g/mol. The van der Waals surface area contributed by atoms with Crippen LogP contribution in [0.3, 0.4) is 0 Å². The summed E-state index contributed by atoms with van der Waals surface area (Å²) in [6.45, 7) is 10.1. The van der Waals surface area contributed by atoms with Gasteiger partial charge in [-0.05, 0) is 38.0 Å². The van der Waals surface area contributed by atoms with Crippen LogP contribution in [0, 0.1) is 11.3 Å². The predicted octanol–water partition coefficient (Wildman–Crippen LogP) is 4.26. The Bertz CT molecular complexity index is 270. The van der Waals surface area contributed by atoms with Crippen LogP contribution in [0.25, 0.3) is 0 Å². The highest BCUT2D eigenvalue weighted by molar-refractivity contribution is 5.69. The van der Waals surface area contributed by atoms with Gasteiger partial charge in [-0.2, -0.15) is 4.89 Å². The van der Waals surface area contributed by atoms with E-state index in [0.29, 0.717) is 12.3 Å². The van der Waals surface area contributed by atoms with Crippen molar-refractivity contribution in [3.8, 4) is 0 Å². The molecule has 106 valence electrons. The molecule has 1 aliphatic carbocycles. The summed E-state index contributed by atoms with van der Waals surface area (Å²) in [5.41, 5.74) is -0.427. The lowest BCUT2D eigenvalue weighted by Gasteiger charge is -2.34. The molecule has 1 rings (SSSR count). The zero-order valence-electron chi connectivity index (χ0n) is 12.5. The van der Waals surface area contributed by atoms with Crippen LogP contribution in [0.2, 0.25) is 0 Å². The minimum absolute atomic E-state index is 0.0601. The van der Waals surface area contributed by atoms with Gasteiger partial charge in [0.15, 0.2) is 0 Å². The molecule has 0 unspecified atom stereocenters. The Kier molecular flexibility index (Phi) is 5.20. The van der Waals surface area contributed by atoms with Crippen molar-refractivity contribution in [3.05, 3.63) is 0 Å². The van der Waals surface area contributed by atoms with Crippen LogP contribution in [-0.4, -0.2) is 11.6 Å². The Morgan fingerprint density at radius 3 is 2.11 bits per heavy atom. The van der Waals surface area contributed by atoms with Gasteiger partial charge in [-0.15, -0.1) is 0 Å². The largest absolute Gasteiger partial charge is 0.342 e. The molecule has 1 saturated carbocycles. The lowest BCUT2D eigenvalue weighted by molar-refractivity contribution is -0.338. The van der Waals surface area contributed by atoms with Crippen LogP contribution < -0.4 is 0 Å². The van der Waals surface area contributed by atoms with Gasteiger partial charge in [0.2, 0.25) is 0 Å². The average Bonchev–Trinajstić information content (AvgIpc) is 2.26. The predicted molar refractivity (Wildman–Crippen MR) is 71.9 cm³/mol. The fourth-order valence-corrected chi connectivity index (χ4v) is 2.48. The van der Waals surface area contributed by atoms with E-state index in [2.05, 4.69) is 0 Å². The van der Waals surface area contributed by atoms with Crippen LogP contribution in [0.15, 0.2) is 0 Å². The fourth-order valence-electron chi connectivity index (χ4n) is 2.48. The zero-order valence-corrected chi connectivity index (χ0v) is 12.5. The van der Waals surface area contributed by atoms with Crippen molar-refractivity contribution in [3.63, 3.8) is 0 Å². The molecule has 0 aromatic carbocycles. The molecule has 18 heavy (non-hydrogen) atoms. The summed E-state index contributed by atoms with van der Waals surface area (Å²) < 4.78 is 0. The smallest absolute Gasteiger partial charge is 0.298 e. The summed E-state index contributed by atoms with van der Waals surface area (Å²) >= 11 is 0. The third-order valence-electron chi connectivity index (χ3n) is 3.61. The molecule has 0 amide bonds. The first-order valence-corrected chi connectivity index (χ1v) is 7.09. The van der Waals surface area contributed by atoms with E-state index in [1.165, 1.54) is 32.1 Å². The molecule has 0 N–H and O–H groups in total. The number of carbonyl (C=O) groups is 1. The number of carbonyl (C=O) groups excluding carboxylic acids is 1. The van der Waals surface area contributed by atoms with Crippen LogP contribution in [0.4, 0.5) is 0 Å². The number of hydrogen-bond acceptors (Lipinski definition) is 3. The highest BCUT2D eigenvalue weighted by Gasteiger charge is 2.34. The lowest BCUT2D eigenvalue weighted by Crippen LogP contribution is -2.37. The molecule has 1 aliphatic rings. The number of rotatable bonds is 4. The first-order valence-electron chi connectivity index (χ1n) is 7.09. The van der Waals surface area contributed by atoms with Crippen LogP contribution in [-0.2, 0) is 14.6 Å². The summed E-state index contributed by atoms with van der Waals surface area (Å²) in [7, 11) is 0. The first kappa shape index (κ1) is 15.5. The molecule has 3 heteroatoms. The Morgan fingerprint density at radius 1 is 1.06 bits per heavy atom. The molecule has 0 heterocycles. The van der Waals surface area contributed by atoms with E-state index >= 15 is 0 Å². The van der Waals surface area contributed by atoms with E-state index in [9.17, 15) is 4.79 Å². The van der Waals surface area contributed by atoms with Crippen molar-refractivity contribution >= 4 is 5.97 Å². The SMILES string of the molecule is CC(C)(C)CC(=O)OOC(C)(C)C1CCCCC1. The highest BCUT2D eigenvalue weighted by Crippen LogP contribution is 2.35. The van der Waals surface area contributed by atoms with Gasteiger partial charge < -0.3 is 0 Å². The second-order valence-corrected chi connectivity index (χ2v) is 7.21. The molecule has 0 atom stereocenters. The second-order valence-electron chi connectivity index (χ2n) is 7.21. The van der Waals surface area contributed by atoms with Crippen molar-refractivity contribution in [2.24, 2.45) is 11.3 Å². The third-order valence-corrected chi connectivity index (χ3v) is 3.61. The maximum atomic E-state index is 11.6. The molecule has 0 aromatic rings. The molecule has 0 aliphatic heterocycles.